The van der Waals surface area contributed by atoms with Gasteiger partial charge in [-0.3, -0.25) is 4.79 Å². The lowest BCUT2D eigenvalue weighted by atomic mass is 9.86. The summed E-state index contributed by atoms with van der Waals surface area (Å²) in [4.78, 5) is 14.5. The average Bonchev–Trinajstić information content (AvgIpc) is 3.05. The van der Waals surface area contributed by atoms with Crippen LogP contribution in [-0.4, -0.2) is 16.9 Å². The van der Waals surface area contributed by atoms with Gasteiger partial charge in [0.2, 0.25) is 5.91 Å². The molecule has 0 saturated heterocycles. The van der Waals surface area contributed by atoms with Crippen molar-refractivity contribution in [1.82, 2.24) is 5.32 Å². The van der Waals surface area contributed by atoms with E-state index in [1.54, 1.807) is 11.3 Å². The fourth-order valence-electron chi connectivity index (χ4n) is 3.52. The minimum Gasteiger partial charge on any atom is -0.393 e. The van der Waals surface area contributed by atoms with E-state index in [4.69, 9.17) is 18.0 Å². The van der Waals surface area contributed by atoms with E-state index < -0.39 is 0 Å². The summed E-state index contributed by atoms with van der Waals surface area (Å²) in [6.07, 6.45) is 6.29. The monoisotopic (exact) mass is 308 g/mol. The summed E-state index contributed by atoms with van der Waals surface area (Å²) in [6, 6.07) is 2.26. The average molecular weight is 308 g/mol. The Morgan fingerprint density at radius 3 is 3.00 bits per heavy atom. The van der Waals surface area contributed by atoms with Gasteiger partial charge in [-0.1, -0.05) is 18.6 Å². The standard InChI is InChI=1S/C15H20N2OS2/c16-14(19)11-4-1-5-12(11)17-15(18)10-3-2-6-13-9(10)7-8-20-13/h7-8,10-12H,1-6H2,(H2,16,19)(H,17,18). The van der Waals surface area contributed by atoms with Crippen molar-refractivity contribution < 1.29 is 4.79 Å². The summed E-state index contributed by atoms with van der Waals surface area (Å²) in [7, 11) is 0. The lowest BCUT2D eigenvalue weighted by Gasteiger charge is -2.26. The number of aryl methyl sites for hydroxylation is 1. The molecule has 1 saturated carbocycles. The minimum absolute atomic E-state index is 0.0256. The van der Waals surface area contributed by atoms with E-state index in [-0.39, 0.29) is 23.8 Å². The fraction of sp³-hybridized carbons (Fsp3) is 0.600. The molecule has 1 aromatic heterocycles. The Morgan fingerprint density at radius 1 is 1.35 bits per heavy atom. The summed E-state index contributed by atoms with van der Waals surface area (Å²) >= 11 is 6.89. The van der Waals surface area contributed by atoms with Crippen LogP contribution in [0, 0.1) is 5.92 Å². The fourth-order valence-corrected chi connectivity index (χ4v) is 4.79. The molecule has 0 radical (unpaired) electrons. The quantitative estimate of drug-likeness (QED) is 0.844. The van der Waals surface area contributed by atoms with Crippen molar-refractivity contribution in [3.63, 3.8) is 0 Å². The molecule has 3 N–H and O–H groups in total. The zero-order chi connectivity index (χ0) is 14.1. The van der Waals surface area contributed by atoms with Crippen molar-refractivity contribution in [2.24, 2.45) is 11.7 Å². The van der Waals surface area contributed by atoms with Gasteiger partial charge in [0.25, 0.3) is 0 Å². The van der Waals surface area contributed by atoms with Gasteiger partial charge in [0, 0.05) is 16.8 Å². The van der Waals surface area contributed by atoms with E-state index in [2.05, 4.69) is 16.8 Å². The maximum atomic E-state index is 12.6. The molecule has 0 aliphatic heterocycles. The van der Waals surface area contributed by atoms with Crippen LogP contribution in [0.4, 0.5) is 0 Å². The van der Waals surface area contributed by atoms with Crippen LogP contribution >= 0.6 is 23.6 Å². The molecule has 0 aromatic carbocycles. The second-order valence-corrected chi connectivity index (χ2v) is 7.27. The first-order chi connectivity index (χ1) is 9.66. The number of nitrogens with one attached hydrogen (secondary N) is 1. The van der Waals surface area contributed by atoms with Crippen LogP contribution in [0.15, 0.2) is 11.4 Å². The molecule has 2 aliphatic rings. The molecule has 1 fully saturated rings. The van der Waals surface area contributed by atoms with E-state index in [0.29, 0.717) is 4.99 Å². The summed E-state index contributed by atoms with van der Waals surface area (Å²) in [5, 5.41) is 5.31. The second kappa shape index (κ2) is 5.82. The minimum atomic E-state index is 0.0256. The van der Waals surface area contributed by atoms with Crippen molar-refractivity contribution in [2.75, 3.05) is 0 Å². The van der Waals surface area contributed by atoms with Gasteiger partial charge in [-0.05, 0) is 49.1 Å². The number of amides is 1. The molecule has 108 valence electrons. The van der Waals surface area contributed by atoms with Gasteiger partial charge in [-0.25, -0.2) is 0 Å². The number of hydrogen-bond donors (Lipinski definition) is 2. The summed E-state index contributed by atoms with van der Waals surface area (Å²) in [5.74, 6) is 0.370. The highest BCUT2D eigenvalue weighted by Crippen LogP contribution is 2.35. The molecule has 1 heterocycles. The van der Waals surface area contributed by atoms with Gasteiger partial charge in [0.05, 0.1) is 10.9 Å². The van der Waals surface area contributed by atoms with Gasteiger partial charge in [-0.15, -0.1) is 11.3 Å². The number of nitrogens with two attached hydrogens (primary N) is 1. The number of thiocarbonyl (C=S) groups is 1. The SMILES string of the molecule is NC(=S)C1CCCC1NC(=O)C1CCCc2sccc21. The summed E-state index contributed by atoms with van der Waals surface area (Å²) < 4.78 is 0. The lowest BCUT2D eigenvalue weighted by Crippen LogP contribution is -2.44. The highest BCUT2D eigenvalue weighted by atomic mass is 32.1. The first kappa shape index (κ1) is 14.0. The molecule has 5 heteroatoms. The predicted molar refractivity (Wildman–Crippen MR) is 86.1 cm³/mol. The number of hydrogen-bond acceptors (Lipinski definition) is 3. The van der Waals surface area contributed by atoms with Gasteiger partial charge >= 0.3 is 0 Å². The maximum Gasteiger partial charge on any atom is 0.227 e. The molecule has 3 rings (SSSR count). The van der Waals surface area contributed by atoms with E-state index in [9.17, 15) is 4.79 Å². The molecule has 1 aromatic rings. The third-order valence-corrected chi connectivity index (χ3v) is 5.88. The Kier molecular flexibility index (Phi) is 4.08. The lowest BCUT2D eigenvalue weighted by molar-refractivity contribution is -0.123. The van der Waals surface area contributed by atoms with Crippen LogP contribution in [0.2, 0.25) is 0 Å². The molecule has 2 aliphatic carbocycles. The van der Waals surface area contributed by atoms with E-state index in [1.165, 1.54) is 10.4 Å². The predicted octanol–water partition coefficient (Wildman–Crippen LogP) is 2.74. The zero-order valence-corrected chi connectivity index (χ0v) is 13.1. The Morgan fingerprint density at radius 2 is 2.20 bits per heavy atom. The van der Waals surface area contributed by atoms with Crippen molar-refractivity contribution in [3.8, 4) is 0 Å². The molecular formula is C15H20N2OS2. The summed E-state index contributed by atoms with van der Waals surface area (Å²) in [5.41, 5.74) is 7.02. The van der Waals surface area contributed by atoms with Crippen LogP contribution in [0.3, 0.4) is 0 Å². The molecule has 3 atom stereocenters. The van der Waals surface area contributed by atoms with E-state index in [1.807, 2.05) is 0 Å². The largest absolute Gasteiger partial charge is 0.393 e. The number of thiophene rings is 1. The molecule has 20 heavy (non-hydrogen) atoms. The number of carbonyl (C=O) groups is 1. The number of carbonyl (C=O) groups excluding carboxylic acids is 1. The highest BCUT2D eigenvalue weighted by Gasteiger charge is 2.34. The van der Waals surface area contributed by atoms with Gasteiger partial charge < -0.3 is 11.1 Å². The van der Waals surface area contributed by atoms with Crippen LogP contribution in [-0.2, 0) is 11.2 Å². The smallest absolute Gasteiger partial charge is 0.227 e. The van der Waals surface area contributed by atoms with Crippen LogP contribution in [0.5, 0.6) is 0 Å². The first-order valence-corrected chi connectivity index (χ1v) is 8.61. The first-order valence-electron chi connectivity index (χ1n) is 7.33. The van der Waals surface area contributed by atoms with Crippen molar-refractivity contribution in [2.45, 2.75) is 50.5 Å². The van der Waals surface area contributed by atoms with Crippen molar-refractivity contribution in [1.29, 1.82) is 0 Å². The molecule has 0 bridgehead atoms. The Labute approximate surface area is 128 Å². The van der Waals surface area contributed by atoms with Gasteiger partial charge in [0.15, 0.2) is 0 Å². The highest BCUT2D eigenvalue weighted by molar-refractivity contribution is 7.80. The normalized spacial score (nSPS) is 28.9. The third kappa shape index (κ3) is 2.61. The topological polar surface area (TPSA) is 55.1 Å². The zero-order valence-electron chi connectivity index (χ0n) is 11.4. The summed E-state index contributed by atoms with van der Waals surface area (Å²) in [6.45, 7) is 0. The molecular weight excluding hydrogens is 288 g/mol. The van der Waals surface area contributed by atoms with Crippen LogP contribution in [0.1, 0.15) is 48.5 Å². The maximum absolute atomic E-state index is 12.6. The van der Waals surface area contributed by atoms with Crippen LogP contribution in [0.25, 0.3) is 0 Å². The van der Waals surface area contributed by atoms with Crippen molar-refractivity contribution >= 4 is 34.5 Å². The third-order valence-electron chi connectivity index (χ3n) is 4.58. The molecule has 3 nitrogen and oxygen atoms in total. The Balaban J connectivity index is 1.70. The number of rotatable bonds is 3. The molecule has 1 amide bonds. The van der Waals surface area contributed by atoms with Gasteiger partial charge in [0.1, 0.15) is 0 Å². The second-order valence-electron chi connectivity index (χ2n) is 5.80. The Bertz CT molecular complexity index is 526. The van der Waals surface area contributed by atoms with Gasteiger partial charge in [-0.2, -0.15) is 0 Å². The molecule has 3 unspecified atom stereocenters. The number of fused-ring (bicyclic) bond motifs is 1. The van der Waals surface area contributed by atoms with Crippen molar-refractivity contribution in [3.05, 3.63) is 21.9 Å². The Hall–Kier alpha value is -0.940. The van der Waals surface area contributed by atoms with E-state index in [0.717, 1.165) is 38.5 Å². The van der Waals surface area contributed by atoms with E-state index >= 15 is 0 Å². The molecule has 0 spiro atoms. The van der Waals surface area contributed by atoms with Crippen LogP contribution < -0.4 is 11.1 Å².